The molecule has 3 rings (SSSR count). The fourth-order valence-corrected chi connectivity index (χ4v) is 4.18. The van der Waals surface area contributed by atoms with Crippen molar-refractivity contribution in [3.63, 3.8) is 0 Å². The summed E-state index contributed by atoms with van der Waals surface area (Å²) in [5.74, 6) is 1.94. The maximum Gasteiger partial charge on any atom is 0.329 e. The van der Waals surface area contributed by atoms with E-state index in [0.717, 1.165) is 22.8 Å². The monoisotopic (exact) mass is 312 g/mol. The van der Waals surface area contributed by atoms with Crippen molar-refractivity contribution >= 4 is 29.1 Å². The fraction of sp³-hybridized carbons (Fsp3) is 0.417. The molecule has 0 atom stereocenters. The molecular weight excluding hydrogens is 300 g/mol. The number of nitrogens with zero attached hydrogens (tertiary/aromatic N) is 2. The molecule has 0 unspecified atom stereocenters. The van der Waals surface area contributed by atoms with Crippen molar-refractivity contribution in [3.05, 3.63) is 22.4 Å². The van der Waals surface area contributed by atoms with E-state index in [9.17, 15) is 4.79 Å². The quantitative estimate of drug-likeness (QED) is 0.905. The summed E-state index contributed by atoms with van der Waals surface area (Å²) in [6.45, 7) is -0.359. The van der Waals surface area contributed by atoms with Gasteiger partial charge >= 0.3 is 5.97 Å². The van der Waals surface area contributed by atoms with E-state index < -0.39 is 5.97 Å². The van der Waals surface area contributed by atoms with E-state index in [-0.39, 0.29) is 13.2 Å². The van der Waals surface area contributed by atoms with E-state index in [1.165, 1.54) is 10.4 Å². The molecule has 0 aromatic carbocycles. The Labute approximate surface area is 123 Å². The minimum atomic E-state index is -1.02. The maximum absolute atomic E-state index is 10.3. The number of carboxylic acids is 1. The van der Waals surface area contributed by atoms with Gasteiger partial charge < -0.3 is 14.3 Å². The number of thiophene rings is 1. The van der Waals surface area contributed by atoms with Crippen LogP contribution in [0.3, 0.4) is 0 Å². The Bertz CT molecular complexity index is 599. The molecule has 2 aromatic heterocycles. The number of aryl methyl sites for hydroxylation is 1. The number of fused-ring (bicyclic) bond motifs is 1. The second kappa shape index (κ2) is 5.94. The number of aliphatic carboxylic acids is 1. The molecule has 1 aliphatic rings. The second-order valence-corrected chi connectivity index (χ2v) is 6.49. The number of hydrogen-bond acceptors (Lipinski definition) is 7. The van der Waals surface area contributed by atoms with Gasteiger partial charge in [-0.05, 0) is 23.8 Å². The third-order valence-electron chi connectivity index (χ3n) is 2.76. The summed E-state index contributed by atoms with van der Waals surface area (Å²) in [7, 11) is 0. The van der Waals surface area contributed by atoms with Crippen LogP contribution in [0.25, 0.3) is 10.8 Å². The summed E-state index contributed by atoms with van der Waals surface area (Å²) in [4.78, 5) is 12.7. The fourth-order valence-electron chi connectivity index (χ4n) is 1.89. The average molecular weight is 312 g/mol. The van der Waals surface area contributed by atoms with Crippen molar-refractivity contribution in [2.75, 3.05) is 12.4 Å². The van der Waals surface area contributed by atoms with Crippen LogP contribution in [0.4, 0.5) is 0 Å². The van der Waals surface area contributed by atoms with Crippen LogP contribution in [-0.4, -0.2) is 33.6 Å². The predicted molar refractivity (Wildman–Crippen MR) is 74.8 cm³/mol. The van der Waals surface area contributed by atoms with E-state index in [2.05, 4.69) is 16.3 Å². The highest BCUT2D eigenvalue weighted by Crippen LogP contribution is 2.36. The van der Waals surface area contributed by atoms with Gasteiger partial charge in [0.15, 0.2) is 0 Å². The summed E-state index contributed by atoms with van der Waals surface area (Å²) in [5, 5.41) is 16.3. The zero-order chi connectivity index (χ0) is 13.9. The third-order valence-corrected chi connectivity index (χ3v) is 4.99. The van der Waals surface area contributed by atoms with Gasteiger partial charge in [0.2, 0.25) is 5.89 Å². The molecule has 0 spiro atoms. The Morgan fingerprint density at radius 3 is 3.20 bits per heavy atom. The largest absolute Gasteiger partial charge is 0.480 e. The molecule has 0 bridgehead atoms. The first-order chi connectivity index (χ1) is 9.72. The van der Waals surface area contributed by atoms with E-state index in [1.54, 1.807) is 11.3 Å². The van der Waals surface area contributed by atoms with E-state index in [4.69, 9.17) is 14.3 Å². The Morgan fingerprint density at radius 1 is 1.50 bits per heavy atom. The topological polar surface area (TPSA) is 85.5 Å². The molecule has 0 saturated carbocycles. The Balaban J connectivity index is 1.69. The maximum atomic E-state index is 10.3. The normalized spacial score (nSPS) is 14.2. The molecule has 1 N–H and O–H groups in total. The number of ether oxygens (including phenoxy) is 1. The summed E-state index contributed by atoms with van der Waals surface area (Å²) in [5.41, 5.74) is 1.35. The lowest BCUT2D eigenvalue weighted by Crippen LogP contribution is -2.06. The highest BCUT2D eigenvalue weighted by atomic mass is 32.2. The first-order valence-electron chi connectivity index (χ1n) is 6.04. The molecule has 106 valence electrons. The summed E-state index contributed by atoms with van der Waals surface area (Å²) in [6.07, 6.45) is 1.09. The Hall–Kier alpha value is -1.38. The van der Waals surface area contributed by atoms with Crippen LogP contribution in [-0.2, 0) is 28.3 Å². The van der Waals surface area contributed by atoms with Gasteiger partial charge in [0.1, 0.15) is 13.2 Å². The lowest BCUT2D eigenvalue weighted by molar-refractivity contribution is -0.142. The minimum Gasteiger partial charge on any atom is -0.480 e. The van der Waals surface area contributed by atoms with E-state index in [0.29, 0.717) is 11.8 Å². The molecule has 0 saturated heterocycles. The number of carbonyl (C=O) groups is 1. The molecule has 20 heavy (non-hydrogen) atoms. The molecule has 3 heterocycles. The van der Waals surface area contributed by atoms with Crippen LogP contribution in [0.15, 0.2) is 10.5 Å². The predicted octanol–water partition coefficient (Wildman–Crippen LogP) is 2.19. The molecular formula is C12H12N2O4S2. The zero-order valence-corrected chi connectivity index (χ0v) is 12.1. The van der Waals surface area contributed by atoms with Crippen molar-refractivity contribution in [1.82, 2.24) is 10.2 Å². The number of rotatable bonds is 5. The summed E-state index contributed by atoms with van der Waals surface area (Å²) in [6, 6.07) is 2.10. The van der Waals surface area contributed by atoms with Crippen molar-refractivity contribution in [1.29, 1.82) is 0 Å². The van der Waals surface area contributed by atoms with Gasteiger partial charge in [-0.2, -0.15) is 11.8 Å². The SMILES string of the molecule is O=C(O)COCc1nnc(-c2cc3c(s2)CCSC3)o1. The van der Waals surface area contributed by atoms with E-state index in [1.807, 2.05) is 11.8 Å². The number of aromatic nitrogens is 2. The zero-order valence-electron chi connectivity index (χ0n) is 10.5. The standard InChI is InChI=1S/C12H12N2O4S2/c15-11(16)5-17-4-10-13-14-12(18-10)9-3-7-6-19-2-1-8(7)20-9/h3H,1-2,4-6H2,(H,15,16). The van der Waals surface area contributed by atoms with Gasteiger partial charge in [-0.3, -0.25) is 0 Å². The summed E-state index contributed by atoms with van der Waals surface area (Å²) >= 11 is 3.62. The lowest BCUT2D eigenvalue weighted by Gasteiger charge is -2.08. The molecule has 1 aliphatic heterocycles. The van der Waals surface area contributed by atoms with Crippen LogP contribution in [0, 0.1) is 0 Å². The molecule has 6 nitrogen and oxygen atoms in total. The first-order valence-corrected chi connectivity index (χ1v) is 8.01. The first kappa shape index (κ1) is 13.6. The molecule has 0 aliphatic carbocycles. The number of hydrogen-bond donors (Lipinski definition) is 1. The Kier molecular flexibility index (Phi) is 4.04. The van der Waals surface area contributed by atoms with Crippen molar-refractivity contribution in [2.45, 2.75) is 18.8 Å². The number of carboxylic acid groups (broad SMARTS) is 1. The number of thioether (sulfide) groups is 1. The van der Waals surface area contributed by atoms with Crippen LogP contribution >= 0.6 is 23.1 Å². The van der Waals surface area contributed by atoms with Gasteiger partial charge in [0.25, 0.3) is 5.89 Å². The molecule has 2 aromatic rings. The van der Waals surface area contributed by atoms with Crippen LogP contribution < -0.4 is 0 Å². The van der Waals surface area contributed by atoms with E-state index >= 15 is 0 Å². The Morgan fingerprint density at radius 2 is 2.40 bits per heavy atom. The second-order valence-electron chi connectivity index (χ2n) is 4.25. The molecule has 0 fully saturated rings. The van der Waals surface area contributed by atoms with Gasteiger partial charge in [0.05, 0.1) is 4.88 Å². The minimum absolute atomic E-state index is 0.0141. The van der Waals surface area contributed by atoms with Gasteiger partial charge in [-0.1, -0.05) is 0 Å². The van der Waals surface area contributed by atoms with Crippen LogP contribution in [0.2, 0.25) is 0 Å². The van der Waals surface area contributed by atoms with Crippen molar-refractivity contribution in [3.8, 4) is 10.8 Å². The lowest BCUT2D eigenvalue weighted by atomic mass is 10.2. The van der Waals surface area contributed by atoms with Gasteiger partial charge in [-0.15, -0.1) is 21.5 Å². The molecule has 0 radical (unpaired) electrons. The third kappa shape index (κ3) is 3.02. The van der Waals surface area contributed by atoms with Crippen molar-refractivity contribution < 1.29 is 19.1 Å². The summed E-state index contributed by atoms with van der Waals surface area (Å²) < 4.78 is 10.4. The highest BCUT2D eigenvalue weighted by molar-refractivity contribution is 7.98. The smallest absolute Gasteiger partial charge is 0.329 e. The van der Waals surface area contributed by atoms with Crippen molar-refractivity contribution in [2.24, 2.45) is 0 Å². The van der Waals surface area contributed by atoms with Gasteiger partial charge in [0, 0.05) is 10.6 Å². The van der Waals surface area contributed by atoms with Crippen LogP contribution in [0.5, 0.6) is 0 Å². The highest BCUT2D eigenvalue weighted by Gasteiger charge is 2.18. The van der Waals surface area contributed by atoms with Gasteiger partial charge in [-0.25, -0.2) is 4.79 Å². The molecule has 0 amide bonds. The molecule has 8 heteroatoms. The average Bonchev–Trinajstić information content (AvgIpc) is 3.03. The van der Waals surface area contributed by atoms with Crippen LogP contribution in [0.1, 0.15) is 16.3 Å².